The van der Waals surface area contributed by atoms with E-state index in [0.29, 0.717) is 0 Å². The predicted octanol–water partition coefficient (Wildman–Crippen LogP) is 3.14. The molecule has 0 radical (unpaired) electrons. The molecule has 0 amide bonds. The maximum Gasteiger partial charge on any atom is 0.330 e. The molecule has 2 nitrogen and oxygen atoms in total. The topological polar surface area (TPSA) is 32.6 Å². The fourth-order valence-corrected chi connectivity index (χ4v) is 0.830. The van der Waals surface area contributed by atoms with E-state index in [2.05, 4.69) is 30.3 Å². The SMILES string of the molecule is [2H]ON=CC=C(C)CCC=C(C)C. The summed E-state index contributed by atoms with van der Waals surface area (Å²) >= 11 is 0. The van der Waals surface area contributed by atoms with E-state index < -0.39 is 0 Å². The van der Waals surface area contributed by atoms with Crippen LogP contribution in [0.4, 0.5) is 0 Å². The molecule has 0 aromatic carbocycles. The first-order valence-corrected chi connectivity index (χ1v) is 4.11. The zero-order chi connectivity index (χ0) is 10.1. The van der Waals surface area contributed by atoms with Gasteiger partial charge < -0.3 is 5.21 Å². The summed E-state index contributed by atoms with van der Waals surface area (Å²) in [6.07, 6.45) is 7.63. The molecule has 0 spiro atoms. The predicted molar refractivity (Wildman–Crippen MR) is 52.7 cm³/mol. The highest BCUT2D eigenvalue weighted by Gasteiger charge is 1.86. The van der Waals surface area contributed by atoms with Crippen LogP contribution in [0.15, 0.2) is 28.5 Å². The molecule has 0 unspecified atom stereocenters. The molecule has 0 aliphatic heterocycles. The Bertz CT molecular complexity index is 215. The second kappa shape index (κ2) is 6.65. The van der Waals surface area contributed by atoms with Gasteiger partial charge in [0.2, 0.25) is 0 Å². The van der Waals surface area contributed by atoms with Crippen LogP contribution in [0.1, 0.15) is 33.6 Å². The first-order valence-electron chi connectivity index (χ1n) is 4.52. The Balaban J connectivity index is 3.73. The number of nitrogens with zero attached hydrogens (tertiary/aromatic N) is 1. The molecular weight excluding hydrogens is 150 g/mol. The summed E-state index contributed by atoms with van der Waals surface area (Å²) in [5, 5.41) is 7.10. The van der Waals surface area contributed by atoms with Crippen LogP contribution in [0, 0.1) is 0 Å². The number of rotatable bonds is 5. The molecule has 0 saturated carbocycles. The van der Waals surface area contributed by atoms with Crippen LogP contribution in [-0.4, -0.2) is 11.4 Å². The molecule has 0 aliphatic carbocycles. The minimum Gasteiger partial charge on any atom is -0.411 e. The Morgan fingerprint density at radius 2 is 2.25 bits per heavy atom. The lowest BCUT2D eigenvalue weighted by Gasteiger charge is -1.95. The van der Waals surface area contributed by atoms with Crippen molar-refractivity contribution in [1.82, 2.24) is 0 Å². The molecular formula is C10H17NO. The van der Waals surface area contributed by atoms with E-state index in [1.54, 1.807) is 0 Å². The molecule has 0 aromatic heterocycles. The third-order valence-corrected chi connectivity index (χ3v) is 1.51. The number of hydrogen-bond acceptors (Lipinski definition) is 2. The van der Waals surface area contributed by atoms with Gasteiger partial charge in [0.25, 0.3) is 0 Å². The van der Waals surface area contributed by atoms with E-state index in [-0.39, 0.29) is 0 Å². The van der Waals surface area contributed by atoms with Crippen LogP contribution in [0.3, 0.4) is 0 Å². The van der Waals surface area contributed by atoms with Crippen molar-refractivity contribution in [2.45, 2.75) is 33.6 Å². The smallest absolute Gasteiger partial charge is 0.330 e. The van der Waals surface area contributed by atoms with E-state index in [1.807, 2.05) is 13.0 Å². The van der Waals surface area contributed by atoms with Crippen LogP contribution in [0.2, 0.25) is 1.43 Å². The van der Waals surface area contributed by atoms with Gasteiger partial charge in [0.15, 0.2) is 0 Å². The van der Waals surface area contributed by atoms with Gasteiger partial charge >= 0.3 is 1.43 Å². The van der Waals surface area contributed by atoms with Gasteiger partial charge in [-0.3, -0.25) is 0 Å². The molecule has 0 fully saturated rings. The third kappa shape index (κ3) is 7.06. The summed E-state index contributed by atoms with van der Waals surface area (Å²) in [4.78, 5) is 0. The minimum atomic E-state index is 1.02. The van der Waals surface area contributed by atoms with Crippen molar-refractivity contribution in [3.05, 3.63) is 23.3 Å². The lowest BCUT2D eigenvalue weighted by molar-refractivity contribution is 0.322. The van der Waals surface area contributed by atoms with E-state index in [1.165, 1.54) is 17.4 Å². The lowest BCUT2D eigenvalue weighted by atomic mass is 10.1. The summed E-state index contributed by atoms with van der Waals surface area (Å²) in [7, 11) is 0. The van der Waals surface area contributed by atoms with Crippen LogP contribution in [0.5, 0.6) is 0 Å². The molecule has 0 heterocycles. The van der Waals surface area contributed by atoms with Gasteiger partial charge in [-0.1, -0.05) is 22.4 Å². The van der Waals surface area contributed by atoms with Gasteiger partial charge in [-0.05, 0) is 39.7 Å². The van der Waals surface area contributed by atoms with Crippen LogP contribution in [0.25, 0.3) is 0 Å². The molecule has 2 heteroatoms. The minimum absolute atomic E-state index is 1.02. The van der Waals surface area contributed by atoms with Crippen molar-refractivity contribution in [3.63, 3.8) is 0 Å². The summed E-state index contributed by atoms with van der Waals surface area (Å²) < 4.78 is 6.30. The zero-order valence-electron chi connectivity index (χ0n) is 9.00. The zero-order valence-corrected chi connectivity index (χ0v) is 8.00. The normalized spacial score (nSPS) is 12.9. The summed E-state index contributed by atoms with van der Waals surface area (Å²) in [6, 6.07) is 0. The van der Waals surface area contributed by atoms with Crippen molar-refractivity contribution in [3.8, 4) is 0 Å². The second-order valence-electron chi connectivity index (χ2n) is 3.09. The highest BCUT2D eigenvalue weighted by molar-refractivity contribution is 5.71. The molecule has 0 bridgehead atoms. The van der Waals surface area contributed by atoms with Crippen LogP contribution < -0.4 is 0 Å². The van der Waals surface area contributed by atoms with Crippen molar-refractivity contribution < 1.29 is 6.64 Å². The maximum absolute atomic E-state index is 6.30. The summed E-state index contributed by atoms with van der Waals surface area (Å²) in [5.41, 5.74) is 2.58. The fourth-order valence-electron chi connectivity index (χ4n) is 0.830. The average molecular weight is 168 g/mol. The number of allylic oxidation sites excluding steroid dienone is 4. The van der Waals surface area contributed by atoms with Gasteiger partial charge in [0.1, 0.15) is 0 Å². The third-order valence-electron chi connectivity index (χ3n) is 1.51. The Labute approximate surface area is 75.8 Å². The van der Waals surface area contributed by atoms with E-state index in [4.69, 9.17) is 1.43 Å². The number of hydrogen-bond donors (Lipinski definition) is 1. The molecule has 0 saturated heterocycles. The van der Waals surface area contributed by atoms with Gasteiger partial charge in [-0.2, -0.15) is 0 Å². The van der Waals surface area contributed by atoms with Gasteiger partial charge in [0, 0.05) is 0 Å². The highest BCUT2D eigenvalue weighted by Crippen LogP contribution is 2.05. The van der Waals surface area contributed by atoms with Crippen molar-refractivity contribution in [2.75, 3.05) is 0 Å². The van der Waals surface area contributed by atoms with Gasteiger partial charge in [0.05, 0.1) is 6.21 Å². The second-order valence-corrected chi connectivity index (χ2v) is 3.09. The molecule has 0 aliphatic rings. The Morgan fingerprint density at radius 1 is 1.50 bits per heavy atom. The Morgan fingerprint density at radius 3 is 2.83 bits per heavy atom. The molecule has 0 rings (SSSR count). The van der Waals surface area contributed by atoms with Gasteiger partial charge in [-0.25, -0.2) is 0 Å². The molecule has 68 valence electrons. The fraction of sp³-hybridized carbons (Fsp3) is 0.500. The van der Waals surface area contributed by atoms with E-state index in [9.17, 15) is 0 Å². The first kappa shape index (κ1) is 9.04. The van der Waals surface area contributed by atoms with E-state index in [0.717, 1.165) is 12.8 Å². The Hall–Kier alpha value is -1.05. The van der Waals surface area contributed by atoms with Crippen molar-refractivity contribution in [1.29, 1.82) is 0 Å². The van der Waals surface area contributed by atoms with Gasteiger partial charge in [-0.15, -0.1) is 0 Å². The molecule has 0 aromatic rings. The maximum atomic E-state index is 6.30. The highest BCUT2D eigenvalue weighted by atomic mass is 16.4. The first-order chi connectivity index (χ1) is 6.16. The molecule has 1 N–H and O–H groups in total. The summed E-state index contributed by atoms with van der Waals surface area (Å²) in [5.74, 6) is 0. The molecule has 12 heavy (non-hydrogen) atoms. The largest absolute Gasteiger partial charge is 0.411 e. The lowest BCUT2D eigenvalue weighted by Crippen LogP contribution is -1.78. The molecule has 0 atom stereocenters. The standard InChI is InChI=1S/C10H17NO/c1-9(2)5-4-6-10(3)7-8-11-12/h5,7-8,12H,4,6H2,1-3H3/i/hD. The average Bonchev–Trinajstić information content (AvgIpc) is 2.04. The van der Waals surface area contributed by atoms with E-state index >= 15 is 0 Å². The summed E-state index contributed by atoms with van der Waals surface area (Å²) in [6.45, 7) is 6.22. The monoisotopic (exact) mass is 168 g/mol. The Kier molecular flexibility index (Phi) is 5.01. The van der Waals surface area contributed by atoms with Crippen molar-refractivity contribution >= 4 is 6.21 Å². The van der Waals surface area contributed by atoms with Crippen molar-refractivity contribution in [2.24, 2.45) is 5.16 Å². The number of oxime groups is 1. The quantitative estimate of drug-likeness (QED) is 0.291. The van der Waals surface area contributed by atoms with Crippen LogP contribution in [-0.2, 0) is 0 Å². The van der Waals surface area contributed by atoms with Crippen LogP contribution >= 0.6 is 0 Å².